The Hall–Kier alpha value is -0.930. The summed E-state index contributed by atoms with van der Waals surface area (Å²) in [6.07, 6.45) is 2.56. The number of rotatable bonds is 3. The van der Waals surface area contributed by atoms with Gasteiger partial charge in [-0.3, -0.25) is 4.98 Å². The van der Waals surface area contributed by atoms with E-state index in [9.17, 15) is 0 Å². The van der Waals surface area contributed by atoms with Gasteiger partial charge in [0.2, 0.25) is 0 Å². The third-order valence-electron chi connectivity index (χ3n) is 2.46. The zero-order valence-electron chi connectivity index (χ0n) is 11.2. The smallest absolute Gasteiger partial charge is 0.0544 e. The number of aromatic nitrogens is 1. The molecular weight excluding hydrogens is 212 g/mol. The first-order chi connectivity index (χ1) is 8.18. The summed E-state index contributed by atoms with van der Waals surface area (Å²) in [5.74, 6) is 0. The lowest BCUT2D eigenvalue weighted by atomic mass is 10.3. The monoisotopic (exact) mass is 236 g/mol. The minimum atomic E-state index is 0.521. The van der Waals surface area contributed by atoms with E-state index >= 15 is 0 Å². The first-order valence-corrected chi connectivity index (χ1v) is 6.42. The highest BCUT2D eigenvalue weighted by molar-refractivity contribution is 5.09. The fourth-order valence-electron chi connectivity index (χ4n) is 1.52. The lowest BCUT2D eigenvalue weighted by molar-refractivity contribution is 0.198. The topological polar surface area (TPSA) is 34.1 Å². The van der Waals surface area contributed by atoms with E-state index in [0.717, 1.165) is 31.1 Å². The Morgan fingerprint density at radius 1 is 1.29 bits per heavy atom. The highest BCUT2D eigenvalue weighted by Gasteiger charge is 1.96. The maximum Gasteiger partial charge on any atom is 0.0544 e. The summed E-state index contributed by atoms with van der Waals surface area (Å²) < 4.78 is 4.94. The van der Waals surface area contributed by atoms with Gasteiger partial charge >= 0.3 is 0 Å². The molecule has 2 heterocycles. The fourth-order valence-corrected chi connectivity index (χ4v) is 1.52. The average Bonchev–Trinajstić information content (AvgIpc) is 2.85. The Labute approximate surface area is 105 Å². The highest BCUT2D eigenvalue weighted by Crippen LogP contribution is 1.98. The summed E-state index contributed by atoms with van der Waals surface area (Å²) in [5.41, 5.74) is 2.20. The Morgan fingerprint density at radius 3 is 2.47 bits per heavy atom. The number of nitrogens with one attached hydrogen (secondary N) is 1. The van der Waals surface area contributed by atoms with Gasteiger partial charge in [0, 0.05) is 31.5 Å². The van der Waals surface area contributed by atoms with E-state index in [4.69, 9.17) is 4.74 Å². The standard InChI is InChI=1S/C10H16N2.C4H8O/c1-8(2)11-7-10-6-4-5-9(3)12-10;1-2-4-5-3-1/h4-6,8,11H,7H2,1-3H3;1-4H2. The average molecular weight is 236 g/mol. The molecule has 0 saturated carbocycles. The van der Waals surface area contributed by atoms with Crippen molar-refractivity contribution < 1.29 is 4.74 Å². The van der Waals surface area contributed by atoms with Crippen molar-refractivity contribution in [3.8, 4) is 0 Å². The minimum absolute atomic E-state index is 0.521. The van der Waals surface area contributed by atoms with Crippen molar-refractivity contribution in [2.45, 2.75) is 46.2 Å². The first kappa shape index (κ1) is 14.1. The van der Waals surface area contributed by atoms with Crippen molar-refractivity contribution in [1.82, 2.24) is 10.3 Å². The van der Waals surface area contributed by atoms with Crippen LogP contribution < -0.4 is 5.32 Å². The number of hydrogen-bond acceptors (Lipinski definition) is 3. The van der Waals surface area contributed by atoms with E-state index in [2.05, 4.69) is 24.1 Å². The first-order valence-electron chi connectivity index (χ1n) is 6.42. The van der Waals surface area contributed by atoms with Crippen molar-refractivity contribution in [3.63, 3.8) is 0 Å². The highest BCUT2D eigenvalue weighted by atomic mass is 16.5. The molecule has 0 radical (unpaired) electrons. The molecule has 0 spiro atoms. The molecule has 17 heavy (non-hydrogen) atoms. The number of nitrogens with zero attached hydrogens (tertiary/aromatic N) is 1. The van der Waals surface area contributed by atoms with E-state index in [0.29, 0.717) is 6.04 Å². The number of ether oxygens (including phenoxy) is 1. The zero-order valence-corrected chi connectivity index (χ0v) is 11.2. The number of hydrogen-bond donors (Lipinski definition) is 1. The fraction of sp³-hybridized carbons (Fsp3) is 0.643. The number of pyridine rings is 1. The van der Waals surface area contributed by atoms with Crippen molar-refractivity contribution in [1.29, 1.82) is 0 Å². The molecule has 0 aromatic carbocycles. The molecule has 1 aliphatic rings. The van der Waals surface area contributed by atoms with Crippen molar-refractivity contribution >= 4 is 0 Å². The van der Waals surface area contributed by atoms with E-state index in [1.165, 1.54) is 12.8 Å². The quantitative estimate of drug-likeness (QED) is 0.876. The van der Waals surface area contributed by atoms with Gasteiger partial charge in [-0.05, 0) is 31.9 Å². The molecule has 0 unspecified atom stereocenters. The molecular formula is C14H24N2O. The SMILES string of the molecule is C1CCOC1.Cc1cccc(CNC(C)C)n1. The predicted molar refractivity (Wildman–Crippen MR) is 71.0 cm³/mol. The van der Waals surface area contributed by atoms with Crippen LogP contribution in [0.2, 0.25) is 0 Å². The molecule has 1 aromatic rings. The van der Waals surface area contributed by atoms with Gasteiger partial charge in [-0.15, -0.1) is 0 Å². The van der Waals surface area contributed by atoms with Gasteiger partial charge in [0.25, 0.3) is 0 Å². The predicted octanol–water partition coefficient (Wildman–Crippen LogP) is 2.68. The lowest BCUT2D eigenvalue weighted by Gasteiger charge is -2.07. The molecule has 1 aliphatic heterocycles. The van der Waals surface area contributed by atoms with Gasteiger partial charge in [-0.2, -0.15) is 0 Å². The largest absolute Gasteiger partial charge is 0.381 e. The summed E-state index contributed by atoms with van der Waals surface area (Å²) in [5, 5.41) is 3.33. The van der Waals surface area contributed by atoms with Gasteiger partial charge in [0.15, 0.2) is 0 Å². The zero-order chi connectivity index (χ0) is 12.5. The molecule has 0 aliphatic carbocycles. The van der Waals surface area contributed by atoms with Crippen molar-refractivity contribution in [2.24, 2.45) is 0 Å². The van der Waals surface area contributed by atoms with Crippen LogP contribution in [-0.4, -0.2) is 24.2 Å². The maximum atomic E-state index is 4.94. The van der Waals surface area contributed by atoms with Gasteiger partial charge in [0.1, 0.15) is 0 Å². The second kappa shape index (κ2) is 8.20. The third-order valence-corrected chi connectivity index (χ3v) is 2.46. The van der Waals surface area contributed by atoms with Crippen molar-refractivity contribution in [3.05, 3.63) is 29.6 Å². The molecule has 1 fully saturated rings. The minimum Gasteiger partial charge on any atom is -0.381 e. The maximum absolute atomic E-state index is 4.94. The van der Waals surface area contributed by atoms with Gasteiger partial charge < -0.3 is 10.1 Å². The molecule has 0 amide bonds. The van der Waals surface area contributed by atoms with Crippen LogP contribution in [0.1, 0.15) is 38.1 Å². The molecule has 0 atom stereocenters. The van der Waals surface area contributed by atoms with Crippen LogP contribution in [0, 0.1) is 6.92 Å². The van der Waals surface area contributed by atoms with E-state index in [1.54, 1.807) is 0 Å². The Bertz CT molecular complexity index is 301. The summed E-state index contributed by atoms with van der Waals surface area (Å²) in [7, 11) is 0. The molecule has 1 N–H and O–H groups in total. The van der Waals surface area contributed by atoms with Crippen LogP contribution in [0.3, 0.4) is 0 Å². The van der Waals surface area contributed by atoms with Gasteiger partial charge in [0.05, 0.1) is 5.69 Å². The van der Waals surface area contributed by atoms with E-state index in [1.807, 2.05) is 25.1 Å². The Kier molecular flexibility index (Phi) is 6.82. The molecule has 1 aromatic heterocycles. The molecule has 0 bridgehead atoms. The van der Waals surface area contributed by atoms with Crippen LogP contribution in [0.5, 0.6) is 0 Å². The molecule has 96 valence electrons. The molecule has 3 nitrogen and oxygen atoms in total. The van der Waals surface area contributed by atoms with Crippen LogP contribution in [0.15, 0.2) is 18.2 Å². The normalized spacial score (nSPS) is 14.6. The second-order valence-electron chi connectivity index (χ2n) is 4.63. The van der Waals surface area contributed by atoms with E-state index in [-0.39, 0.29) is 0 Å². The van der Waals surface area contributed by atoms with Gasteiger partial charge in [-0.25, -0.2) is 0 Å². The lowest BCUT2D eigenvalue weighted by Crippen LogP contribution is -2.22. The Morgan fingerprint density at radius 2 is 2.00 bits per heavy atom. The summed E-state index contributed by atoms with van der Waals surface area (Å²) in [4.78, 5) is 4.38. The molecule has 2 rings (SSSR count). The third kappa shape index (κ3) is 7.08. The molecule has 1 saturated heterocycles. The van der Waals surface area contributed by atoms with Crippen LogP contribution in [0.25, 0.3) is 0 Å². The summed E-state index contributed by atoms with van der Waals surface area (Å²) in [6.45, 7) is 9.14. The second-order valence-corrected chi connectivity index (χ2v) is 4.63. The Balaban J connectivity index is 0.000000239. The van der Waals surface area contributed by atoms with Crippen LogP contribution in [0.4, 0.5) is 0 Å². The number of aryl methyl sites for hydroxylation is 1. The van der Waals surface area contributed by atoms with Crippen LogP contribution in [-0.2, 0) is 11.3 Å². The summed E-state index contributed by atoms with van der Waals surface area (Å²) in [6, 6.07) is 6.62. The van der Waals surface area contributed by atoms with E-state index < -0.39 is 0 Å². The van der Waals surface area contributed by atoms with Gasteiger partial charge in [-0.1, -0.05) is 19.9 Å². The van der Waals surface area contributed by atoms with Crippen LogP contribution >= 0.6 is 0 Å². The molecule has 3 heteroatoms. The summed E-state index contributed by atoms with van der Waals surface area (Å²) >= 11 is 0. The van der Waals surface area contributed by atoms with Crippen molar-refractivity contribution in [2.75, 3.05) is 13.2 Å².